The number of rotatable bonds is 6. The molecular formula is C21H26ClN3O2S. The Hall–Kier alpha value is -1.86. The predicted octanol–water partition coefficient (Wildman–Crippen LogP) is 4.02. The molecule has 28 heavy (non-hydrogen) atoms. The van der Waals surface area contributed by atoms with Gasteiger partial charge in [-0.15, -0.1) is 0 Å². The van der Waals surface area contributed by atoms with Gasteiger partial charge >= 0.3 is 0 Å². The van der Waals surface area contributed by atoms with Crippen LogP contribution in [0.2, 0.25) is 5.02 Å². The van der Waals surface area contributed by atoms with Gasteiger partial charge in [0.25, 0.3) is 0 Å². The van der Waals surface area contributed by atoms with Crippen molar-refractivity contribution in [1.29, 1.82) is 0 Å². The highest BCUT2D eigenvalue weighted by Crippen LogP contribution is 2.25. The summed E-state index contributed by atoms with van der Waals surface area (Å²) in [5, 5.41) is 7.92. The molecule has 3 rings (SSSR count). The fourth-order valence-electron chi connectivity index (χ4n) is 3.27. The lowest BCUT2D eigenvalue weighted by Gasteiger charge is -2.35. The van der Waals surface area contributed by atoms with Gasteiger partial charge in [-0.3, -0.25) is 4.90 Å². The number of nitrogens with one attached hydrogen (secondary N) is 2. The van der Waals surface area contributed by atoms with Crippen LogP contribution in [0.4, 0.5) is 5.69 Å². The van der Waals surface area contributed by atoms with E-state index in [9.17, 15) is 0 Å². The summed E-state index contributed by atoms with van der Waals surface area (Å²) in [7, 11) is 1.68. The molecular weight excluding hydrogens is 394 g/mol. The summed E-state index contributed by atoms with van der Waals surface area (Å²) < 4.78 is 10.8. The number of thiocarbonyl (C=S) groups is 1. The maximum Gasteiger partial charge on any atom is 0.170 e. The topological polar surface area (TPSA) is 45.8 Å². The first kappa shape index (κ1) is 20.9. The van der Waals surface area contributed by atoms with Gasteiger partial charge < -0.3 is 20.1 Å². The van der Waals surface area contributed by atoms with Crippen molar-refractivity contribution in [1.82, 2.24) is 10.2 Å². The van der Waals surface area contributed by atoms with E-state index in [1.54, 1.807) is 7.11 Å². The van der Waals surface area contributed by atoms with Crippen molar-refractivity contribution in [2.45, 2.75) is 13.0 Å². The molecule has 0 amide bonds. The Morgan fingerprint density at radius 3 is 2.61 bits per heavy atom. The molecule has 2 N–H and O–H groups in total. The molecule has 1 aliphatic heterocycles. The Labute approximate surface area is 177 Å². The van der Waals surface area contributed by atoms with Crippen LogP contribution >= 0.6 is 23.8 Å². The number of halogens is 1. The molecule has 0 aromatic heterocycles. The third-order valence-electron chi connectivity index (χ3n) is 4.96. The Morgan fingerprint density at radius 1 is 1.21 bits per heavy atom. The van der Waals surface area contributed by atoms with E-state index in [4.69, 9.17) is 33.3 Å². The Kier molecular flexibility index (Phi) is 7.50. The van der Waals surface area contributed by atoms with E-state index >= 15 is 0 Å². The number of anilines is 1. The average Bonchev–Trinajstić information content (AvgIpc) is 2.73. The quantitative estimate of drug-likeness (QED) is 0.689. The van der Waals surface area contributed by atoms with E-state index in [2.05, 4.69) is 27.7 Å². The number of hydrogen-bond acceptors (Lipinski definition) is 4. The summed E-state index contributed by atoms with van der Waals surface area (Å²) in [6, 6.07) is 14.2. The van der Waals surface area contributed by atoms with Crippen LogP contribution in [0.3, 0.4) is 0 Å². The van der Waals surface area contributed by atoms with E-state index < -0.39 is 0 Å². The lowest BCUT2D eigenvalue weighted by Crippen LogP contribution is -2.44. The lowest BCUT2D eigenvalue weighted by atomic mass is 10.0. The normalized spacial score (nSPS) is 15.7. The molecule has 2 aromatic carbocycles. The van der Waals surface area contributed by atoms with Gasteiger partial charge in [-0.25, -0.2) is 0 Å². The van der Waals surface area contributed by atoms with Crippen molar-refractivity contribution in [2.24, 2.45) is 0 Å². The second-order valence-corrected chi connectivity index (χ2v) is 7.50. The zero-order chi connectivity index (χ0) is 19.9. The van der Waals surface area contributed by atoms with Crippen LogP contribution in [0, 0.1) is 6.92 Å². The second-order valence-electron chi connectivity index (χ2n) is 6.68. The summed E-state index contributed by atoms with van der Waals surface area (Å²) in [6.07, 6.45) is 0. The van der Waals surface area contributed by atoms with Gasteiger partial charge in [0.1, 0.15) is 5.75 Å². The molecule has 1 atom stereocenters. The molecule has 5 nitrogen and oxygen atoms in total. The van der Waals surface area contributed by atoms with Crippen LogP contribution in [0.25, 0.3) is 0 Å². The molecule has 0 unspecified atom stereocenters. The third kappa shape index (κ3) is 5.35. The van der Waals surface area contributed by atoms with Crippen LogP contribution in [0.5, 0.6) is 5.75 Å². The summed E-state index contributed by atoms with van der Waals surface area (Å²) in [4.78, 5) is 2.42. The van der Waals surface area contributed by atoms with Crippen molar-refractivity contribution < 1.29 is 9.47 Å². The monoisotopic (exact) mass is 419 g/mol. The van der Waals surface area contributed by atoms with Gasteiger partial charge in [-0.1, -0.05) is 29.8 Å². The minimum absolute atomic E-state index is 0.190. The first-order valence-corrected chi connectivity index (χ1v) is 10.1. The smallest absolute Gasteiger partial charge is 0.170 e. The molecule has 1 aliphatic rings. The predicted molar refractivity (Wildman–Crippen MR) is 119 cm³/mol. The van der Waals surface area contributed by atoms with E-state index in [0.717, 1.165) is 48.3 Å². The highest BCUT2D eigenvalue weighted by Gasteiger charge is 2.23. The van der Waals surface area contributed by atoms with Crippen molar-refractivity contribution >= 4 is 34.6 Å². The minimum Gasteiger partial charge on any atom is -0.497 e. The van der Waals surface area contributed by atoms with Crippen molar-refractivity contribution in [3.8, 4) is 5.75 Å². The van der Waals surface area contributed by atoms with Crippen LogP contribution < -0.4 is 15.4 Å². The summed E-state index contributed by atoms with van der Waals surface area (Å²) in [5.74, 6) is 0.853. The van der Waals surface area contributed by atoms with Gasteiger partial charge in [0.2, 0.25) is 0 Å². The Balaban J connectivity index is 1.68. The number of nitrogens with zero attached hydrogens (tertiary/aromatic N) is 1. The molecule has 1 fully saturated rings. The Morgan fingerprint density at radius 2 is 1.93 bits per heavy atom. The maximum absolute atomic E-state index is 6.20. The highest BCUT2D eigenvalue weighted by atomic mass is 35.5. The van der Waals surface area contributed by atoms with E-state index in [0.29, 0.717) is 11.7 Å². The zero-order valence-electron chi connectivity index (χ0n) is 16.2. The standard InChI is InChI=1S/C21H26ClN3O2S/c1-15-18(22)4-3-5-19(15)24-21(28)23-14-20(25-10-12-27-13-11-25)16-6-8-17(26-2)9-7-16/h3-9,20H,10-14H2,1-2H3,(H2,23,24,28)/t20-/m0/s1. The number of morpholine rings is 1. The molecule has 0 bridgehead atoms. The highest BCUT2D eigenvalue weighted by molar-refractivity contribution is 7.80. The number of benzene rings is 2. The molecule has 2 aromatic rings. The van der Waals surface area contributed by atoms with Gasteiger partial charge in [0.15, 0.2) is 5.11 Å². The minimum atomic E-state index is 0.190. The van der Waals surface area contributed by atoms with Crippen LogP contribution in [0.15, 0.2) is 42.5 Å². The number of methoxy groups -OCH3 is 1. The molecule has 7 heteroatoms. The SMILES string of the molecule is COc1ccc([C@H](CNC(=S)Nc2cccc(Cl)c2C)N2CCOCC2)cc1. The fraction of sp³-hybridized carbons (Fsp3) is 0.381. The number of hydrogen-bond donors (Lipinski definition) is 2. The van der Waals surface area contributed by atoms with E-state index in [1.165, 1.54) is 5.56 Å². The van der Waals surface area contributed by atoms with Gasteiger partial charge in [-0.05, 0) is 54.5 Å². The lowest BCUT2D eigenvalue weighted by molar-refractivity contribution is 0.0170. The summed E-state index contributed by atoms with van der Waals surface area (Å²) in [6.45, 7) is 5.95. The fourth-order valence-corrected chi connectivity index (χ4v) is 3.64. The average molecular weight is 420 g/mol. The molecule has 0 saturated carbocycles. The largest absolute Gasteiger partial charge is 0.497 e. The molecule has 0 radical (unpaired) electrons. The second kappa shape index (κ2) is 10.1. The number of ether oxygens (including phenoxy) is 2. The van der Waals surface area contributed by atoms with E-state index in [1.807, 2.05) is 37.3 Å². The van der Waals surface area contributed by atoms with Crippen molar-refractivity contribution in [2.75, 3.05) is 45.3 Å². The summed E-state index contributed by atoms with van der Waals surface area (Å²) in [5.41, 5.74) is 3.11. The molecule has 0 spiro atoms. The molecule has 0 aliphatic carbocycles. The molecule has 150 valence electrons. The first-order chi connectivity index (χ1) is 13.6. The summed E-state index contributed by atoms with van der Waals surface area (Å²) >= 11 is 11.7. The van der Waals surface area contributed by atoms with Gasteiger partial charge in [0, 0.05) is 30.3 Å². The maximum atomic E-state index is 6.20. The Bertz CT molecular complexity index is 795. The van der Waals surface area contributed by atoms with Crippen LogP contribution in [-0.2, 0) is 4.74 Å². The van der Waals surface area contributed by atoms with Gasteiger partial charge in [0.05, 0.1) is 26.4 Å². The van der Waals surface area contributed by atoms with Crippen molar-refractivity contribution in [3.63, 3.8) is 0 Å². The van der Waals surface area contributed by atoms with Crippen LogP contribution in [-0.4, -0.2) is 50.0 Å². The molecule has 1 saturated heterocycles. The first-order valence-electron chi connectivity index (χ1n) is 9.34. The van der Waals surface area contributed by atoms with Gasteiger partial charge in [-0.2, -0.15) is 0 Å². The van der Waals surface area contributed by atoms with Crippen molar-refractivity contribution in [3.05, 3.63) is 58.6 Å². The molecule has 1 heterocycles. The van der Waals surface area contributed by atoms with Crippen LogP contribution in [0.1, 0.15) is 17.2 Å². The van der Waals surface area contributed by atoms with E-state index in [-0.39, 0.29) is 6.04 Å². The third-order valence-corrected chi connectivity index (χ3v) is 5.61. The zero-order valence-corrected chi connectivity index (χ0v) is 17.8.